The Hall–Kier alpha value is -0.0800. The fraction of sp³-hybridized carbons (Fsp3) is 1.00. The van der Waals surface area contributed by atoms with Crippen molar-refractivity contribution in [3.05, 3.63) is 0 Å². The van der Waals surface area contributed by atoms with Crippen molar-refractivity contribution in [2.75, 3.05) is 6.61 Å². The Kier molecular flexibility index (Phi) is 5.48. The van der Waals surface area contributed by atoms with Crippen LogP contribution in [0.5, 0.6) is 0 Å². The van der Waals surface area contributed by atoms with Gasteiger partial charge in [0.05, 0.1) is 23.4 Å². The van der Waals surface area contributed by atoms with Crippen LogP contribution in [0.4, 0.5) is 0 Å². The molecule has 0 N–H and O–H groups in total. The monoisotopic (exact) mass is 230 g/mol. The second kappa shape index (κ2) is 5.50. The first-order valence-electron chi connectivity index (χ1n) is 6.32. The van der Waals surface area contributed by atoms with Gasteiger partial charge in [-0.2, -0.15) is 0 Å². The van der Waals surface area contributed by atoms with Crippen LogP contribution in [0.1, 0.15) is 68.2 Å². The lowest BCUT2D eigenvalue weighted by atomic mass is 10.0. The second-order valence-corrected chi connectivity index (χ2v) is 6.69. The quantitative estimate of drug-likeness (QED) is 0.681. The third-order valence-electron chi connectivity index (χ3n) is 2.63. The van der Waals surface area contributed by atoms with Crippen LogP contribution in [0.25, 0.3) is 0 Å². The summed E-state index contributed by atoms with van der Waals surface area (Å²) in [5.41, 5.74) is -0.232. The summed E-state index contributed by atoms with van der Waals surface area (Å²) >= 11 is 0. The van der Waals surface area contributed by atoms with Gasteiger partial charge in [-0.3, -0.25) is 0 Å². The van der Waals surface area contributed by atoms with E-state index in [1.54, 1.807) is 0 Å². The van der Waals surface area contributed by atoms with Gasteiger partial charge in [0.1, 0.15) is 0 Å². The average Bonchev–Trinajstić information content (AvgIpc) is 1.98. The van der Waals surface area contributed by atoms with Gasteiger partial charge in [-0.25, -0.2) is 0 Å². The first-order chi connectivity index (χ1) is 6.97. The van der Waals surface area contributed by atoms with E-state index in [1.807, 2.05) is 0 Å². The van der Waals surface area contributed by atoms with Crippen molar-refractivity contribution in [3.8, 4) is 0 Å². The van der Waals surface area contributed by atoms with Crippen LogP contribution in [-0.2, 0) is 9.47 Å². The highest BCUT2D eigenvalue weighted by molar-refractivity contribution is 4.75. The van der Waals surface area contributed by atoms with Gasteiger partial charge in [-0.15, -0.1) is 0 Å². The van der Waals surface area contributed by atoms with Gasteiger partial charge in [-0.1, -0.05) is 6.92 Å². The highest BCUT2D eigenvalue weighted by Crippen LogP contribution is 2.24. The molecule has 0 bridgehead atoms. The molecule has 16 heavy (non-hydrogen) atoms. The molecule has 0 fully saturated rings. The summed E-state index contributed by atoms with van der Waals surface area (Å²) in [6.07, 6.45) is 1.96. The lowest BCUT2D eigenvalue weighted by molar-refractivity contribution is -0.132. The average molecular weight is 230 g/mol. The molecule has 0 aromatic carbocycles. The fourth-order valence-electron chi connectivity index (χ4n) is 1.56. The molecule has 0 unspecified atom stereocenters. The first-order valence-corrected chi connectivity index (χ1v) is 6.32. The van der Waals surface area contributed by atoms with Gasteiger partial charge < -0.3 is 9.47 Å². The van der Waals surface area contributed by atoms with Gasteiger partial charge in [0.2, 0.25) is 0 Å². The topological polar surface area (TPSA) is 18.5 Å². The van der Waals surface area contributed by atoms with Crippen LogP contribution >= 0.6 is 0 Å². The second-order valence-electron chi connectivity index (χ2n) is 6.69. The van der Waals surface area contributed by atoms with Crippen molar-refractivity contribution in [3.63, 3.8) is 0 Å². The van der Waals surface area contributed by atoms with E-state index in [1.165, 1.54) is 0 Å². The van der Waals surface area contributed by atoms with E-state index in [0.717, 1.165) is 19.4 Å². The maximum atomic E-state index is 5.99. The third-order valence-corrected chi connectivity index (χ3v) is 2.63. The Morgan fingerprint density at radius 3 is 1.69 bits per heavy atom. The minimum Gasteiger partial charge on any atom is -0.375 e. The molecule has 0 saturated heterocycles. The summed E-state index contributed by atoms with van der Waals surface area (Å²) < 4.78 is 11.8. The van der Waals surface area contributed by atoms with Crippen LogP contribution in [0.2, 0.25) is 0 Å². The van der Waals surface area contributed by atoms with Crippen LogP contribution in [0, 0.1) is 0 Å². The third kappa shape index (κ3) is 8.12. The standard InChI is InChI=1S/C14H30O2/c1-9-13(5,6)15-11-10-14(7,8)16-12(2,3)4/h9-11H2,1-8H3. The zero-order valence-electron chi connectivity index (χ0n) is 12.4. The summed E-state index contributed by atoms with van der Waals surface area (Å²) in [6, 6.07) is 0. The molecule has 0 aliphatic rings. The SMILES string of the molecule is CCC(C)(C)OCCC(C)(C)OC(C)(C)C. The molecule has 0 aromatic heterocycles. The first kappa shape index (κ1) is 15.9. The molecule has 2 nitrogen and oxygen atoms in total. The highest BCUT2D eigenvalue weighted by Gasteiger charge is 2.26. The Morgan fingerprint density at radius 2 is 1.31 bits per heavy atom. The van der Waals surface area contributed by atoms with Crippen molar-refractivity contribution < 1.29 is 9.47 Å². The highest BCUT2D eigenvalue weighted by atomic mass is 16.5. The molecular formula is C14H30O2. The molecule has 0 aliphatic heterocycles. The Bertz CT molecular complexity index is 199. The lowest BCUT2D eigenvalue weighted by Crippen LogP contribution is -2.36. The van der Waals surface area contributed by atoms with E-state index < -0.39 is 0 Å². The Labute approximate surface area is 102 Å². The van der Waals surface area contributed by atoms with E-state index >= 15 is 0 Å². The number of hydrogen-bond donors (Lipinski definition) is 0. The zero-order chi connectivity index (χ0) is 13.0. The van der Waals surface area contributed by atoms with Crippen LogP contribution in [-0.4, -0.2) is 23.4 Å². The van der Waals surface area contributed by atoms with Crippen molar-refractivity contribution >= 4 is 0 Å². The molecule has 0 radical (unpaired) electrons. The van der Waals surface area contributed by atoms with Crippen molar-refractivity contribution in [1.82, 2.24) is 0 Å². The van der Waals surface area contributed by atoms with Gasteiger partial charge in [0.15, 0.2) is 0 Å². The molecule has 98 valence electrons. The predicted octanol–water partition coefficient (Wildman–Crippen LogP) is 4.18. The van der Waals surface area contributed by atoms with Gasteiger partial charge in [-0.05, 0) is 61.3 Å². The fourth-order valence-corrected chi connectivity index (χ4v) is 1.56. The predicted molar refractivity (Wildman–Crippen MR) is 69.9 cm³/mol. The molecule has 0 aliphatic carbocycles. The number of hydrogen-bond acceptors (Lipinski definition) is 2. The minimum absolute atomic E-state index is 0.0161. The molecule has 0 heterocycles. The summed E-state index contributed by atoms with van der Waals surface area (Å²) in [5.74, 6) is 0. The lowest BCUT2D eigenvalue weighted by Gasteiger charge is -2.34. The van der Waals surface area contributed by atoms with E-state index in [2.05, 4.69) is 55.4 Å². The Morgan fingerprint density at radius 1 is 0.812 bits per heavy atom. The molecule has 0 atom stereocenters. The molecule has 0 saturated carbocycles. The van der Waals surface area contributed by atoms with Crippen molar-refractivity contribution in [1.29, 1.82) is 0 Å². The minimum atomic E-state index is -0.123. The molecule has 0 rings (SSSR count). The van der Waals surface area contributed by atoms with Gasteiger partial charge in [0.25, 0.3) is 0 Å². The Balaban J connectivity index is 4.01. The number of rotatable bonds is 6. The summed E-state index contributed by atoms with van der Waals surface area (Å²) in [4.78, 5) is 0. The molecule has 2 heteroatoms. The van der Waals surface area contributed by atoms with Crippen LogP contribution in [0.15, 0.2) is 0 Å². The smallest absolute Gasteiger partial charge is 0.0655 e. The summed E-state index contributed by atoms with van der Waals surface area (Å²) in [5, 5.41) is 0. The summed E-state index contributed by atoms with van der Waals surface area (Å²) in [7, 11) is 0. The molecule has 0 spiro atoms. The molecule has 0 amide bonds. The van der Waals surface area contributed by atoms with Gasteiger partial charge in [0, 0.05) is 0 Å². The van der Waals surface area contributed by atoms with Crippen molar-refractivity contribution in [2.45, 2.75) is 85.0 Å². The van der Waals surface area contributed by atoms with Crippen LogP contribution in [0.3, 0.4) is 0 Å². The summed E-state index contributed by atoms with van der Waals surface area (Å²) in [6.45, 7) is 17.7. The number of ether oxygens (including phenoxy) is 2. The van der Waals surface area contributed by atoms with E-state index in [-0.39, 0.29) is 16.8 Å². The van der Waals surface area contributed by atoms with Crippen LogP contribution < -0.4 is 0 Å². The van der Waals surface area contributed by atoms with Crippen molar-refractivity contribution in [2.24, 2.45) is 0 Å². The molecular weight excluding hydrogens is 200 g/mol. The maximum Gasteiger partial charge on any atom is 0.0655 e. The molecule has 0 aromatic rings. The van der Waals surface area contributed by atoms with E-state index in [9.17, 15) is 0 Å². The maximum absolute atomic E-state index is 5.99. The van der Waals surface area contributed by atoms with E-state index in [0.29, 0.717) is 0 Å². The zero-order valence-corrected chi connectivity index (χ0v) is 12.4. The van der Waals surface area contributed by atoms with E-state index in [4.69, 9.17) is 9.47 Å². The normalized spacial score (nSPS) is 14.2. The van der Waals surface area contributed by atoms with Gasteiger partial charge >= 0.3 is 0 Å². The largest absolute Gasteiger partial charge is 0.375 e.